The maximum Gasteiger partial charge on any atom is 0.194 e. The molecule has 1 aromatic carbocycles. The first-order valence-electron chi connectivity index (χ1n) is 10.7. The summed E-state index contributed by atoms with van der Waals surface area (Å²) in [5.74, 6) is 1.54. The van der Waals surface area contributed by atoms with Gasteiger partial charge in [-0.1, -0.05) is 24.3 Å². The van der Waals surface area contributed by atoms with Crippen molar-refractivity contribution in [2.45, 2.75) is 52.9 Å². The highest BCUT2D eigenvalue weighted by Gasteiger charge is 2.25. The number of guanidine groups is 1. The van der Waals surface area contributed by atoms with Crippen LogP contribution < -0.4 is 5.32 Å². The van der Waals surface area contributed by atoms with Gasteiger partial charge < -0.3 is 24.4 Å². The maximum atomic E-state index is 5.90. The summed E-state index contributed by atoms with van der Waals surface area (Å²) >= 11 is 0. The summed E-state index contributed by atoms with van der Waals surface area (Å²) < 4.78 is 16.7. The van der Waals surface area contributed by atoms with Crippen molar-refractivity contribution in [3.05, 3.63) is 35.4 Å². The van der Waals surface area contributed by atoms with Crippen LogP contribution >= 0.6 is 0 Å². The van der Waals surface area contributed by atoms with E-state index in [4.69, 9.17) is 19.2 Å². The zero-order valence-electron chi connectivity index (χ0n) is 18.9. The Kier molecular flexibility index (Phi) is 9.91. The Labute approximate surface area is 176 Å². The van der Waals surface area contributed by atoms with Gasteiger partial charge in [0.2, 0.25) is 0 Å². The van der Waals surface area contributed by atoms with Gasteiger partial charge in [-0.25, -0.2) is 4.99 Å². The minimum absolute atomic E-state index is 0.133. The fourth-order valence-electron chi connectivity index (χ4n) is 3.26. The summed E-state index contributed by atoms with van der Waals surface area (Å²) in [6, 6.07) is 8.51. The van der Waals surface area contributed by atoms with E-state index >= 15 is 0 Å². The fourth-order valence-corrected chi connectivity index (χ4v) is 3.26. The van der Waals surface area contributed by atoms with Crippen molar-refractivity contribution in [1.29, 1.82) is 0 Å². The molecular weight excluding hydrogens is 366 g/mol. The molecule has 1 atom stereocenters. The van der Waals surface area contributed by atoms with Gasteiger partial charge in [0.15, 0.2) is 5.96 Å². The number of nitrogens with one attached hydrogen (secondary N) is 1. The van der Waals surface area contributed by atoms with E-state index in [9.17, 15) is 0 Å². The smallest absolute Gasteiger partial charge is 0.194 e. The van der Waals surface area contributed by atoms with E-state index in [1.165, 1.54) is 11.1 Å². The first-order chi connectivity index (χ1) is 13.9. The molecule has 2 rings (SSSR count). The van der Waals surface area contributed by atoms with Crippen molar-refractivity contribution in [3.8, 4) is 0 Å². The fraction of sp³-hybridized carbons (Fsp3) is 0.696. The maximum absolute atomic E-state index is 5.90. The topological polar surface area (TPSA) is 55.3 Å². The summed E-state index contributed by atoms with van der Waals surface area (Å²) in [5, 5.41) is 3.44. The molecule has 1 aliphatic heterocycles. The van der Waals surface area contributed by atoms with E-state index in [1.54, 1.807) is 7.11 Å². The highest BCUT2D eigenvalue weighted by atomic mass is 16.5. The van der Waals surface area contributed by atoms with Crippen LogP contribution in [-0.4, -0.2) is 63.0 Å². The number of benzene rings is 1. The van der Waals surface area contributed by atoms with Gasteiger partial charge >= 0.3 is 0 Å². The van der Waals surface area contributed by atoms with Crippen molar-refractivity contribution in [1.82, 2.24) is 10.2 Å². The summed E-state index contributed by atoms with van der Waals surface area (Å²) in [7, 11) is 1.70. The zero-order valence-corrected chi connectivity index (χ0v) is 18.9. The van der Waals surface area contributed by atoms with Gasteiger partial charge in [-0.05, 0) is 45.2 Å². The van der Waals surface area contributed by atoms with Crippen LogP contribution in [0.5, 0.6) is 0 Å². The highest BCUT2D eigenvalue weighted by molar-refractivity contribution is 5.80. The number of hydrogen-bond acceptors (Lipinski definition) is 4. The van der Waals surface area contributed by atoms with Crippen molar-refractivity contribution in [3.63, 3.8) is 0 Å². The van der Waals surface area contributed by atoms with E-state index in [-0.39, 0.29) is 5.60 Å². The second-order valence-electron chi connectivity index (χ2n) is 8.56. The Morgan fingerprint density at radius 1 is 1.24 bits per heavy atom. The molecule has 1 heterocycles. The number of likely N-dealkylation sites (tertiary alicyclic amines) is 1. The molecule has 1 N–H and O–H groups in total. The monoisotopic (exact) mass is 405 g/mol. The Morgan fingerprint density at radius 3 is 2.76 bits per heavy atom. The number of hydrogen-bond donors (Lipinski definition) is 1. The molecule has 0 aromatic heterocycles. The van der Waals surface area contributed by atoms with E-state index in [2.05, 4.69) is 62.2 Å². The van der Waals surface area contributed by atoms with Crippen LogP contribution in [0.15, 0.2) is 29.3 Å². The van der Waals surface area contributed by atoms with Crippen molar-refractivity contribution in [2.75, 3.05) is 46.6 Å². The van der Waals surface area contributed by atoms with E-state index in [0.29, 0.717) is 32.3 Å². The van der Waals surface area contributed by atoms with Gasteiger partial charge in [0.1, 0.15) is 0 Å². The molecule has 0 spiro atoms. The largest absolute Gasteiger partial charge is 0.382 e. The predicted octanol–water partition coefficient (Wildman–Crippen LogP) is 3.45. The number of ether oxygens (including phenoxy) is 3. The lowest BCUT2D eigenvalue weighted by atomic mass is 10.1. The Morgan fingerprint density at radius 2 is 2.03 bits per heavy atom. The predicted molar refractivity (Wildman–Crippen MR) is 118 cm³/mol. The van der Waals surface area contributed by atoms with Crippen LogP contribution in [0.2, 0.25) is 0 Å². The molecule has 1 aliphatic rings. The summed E-state index contributed by atoms with van der Waals surface area (Å²) in [6.45, 7) is 14.6. The summed E-state index contributed by atoms with van der Waals surface area (Å²) in [6.07, 6.45) is 1.14. The van der Waals surface area contributed by atoms with Crippen LogP contribution in [-0.2, 0) is 27.4 Å². The second kappa shape index (κ2) is 12.2. The number of nitrogens with zero attached hydrogens (tertiary/aromatic N) is 2. The van der Waals surface area contributed by atoms with Gasteiger partial charge in [-0.2, -0.15) is 0 Å². The normalized spacial score (nSPS) is 17.8. The standard InChI is InChI=1S/C23H39N3O3/c1-6-24-22(26-11-10-21(16-26)17-28-13-12-27-5)25-15-19-8-7-9-20(14-19)18-29-23(2,3)4/h7-9,14,21H,6,10-13,15-18H2,1-5H3,(H,24,25). The van der Waals surface area contributed by atoms with E-state index in [1.807, 2.05) is 0 Å². The number of rotatable bonds is 10. The minimum atomic E-state index is -0.133. The lowest BCUT2D eigenvalue weighted by Gasteiger charge is -2.22. The lowest BCUT2D eigenvalue weighted by Crippen LogP contribution is -2.40. The molecule has 6 nitrogen and oxygen atoms in total. The molecule has 0 bridgehead atoms. The average molecular weight is 406 g/mol. The molecule has 0 amide bonds. The average Bonchev–Trinajstić information content (AvgIpc) is 3.15. The third kappa shape index (κ3) is 9.15. The Hall–Kier alpha value is -1.63. The molecule has 29 heavy (non-hydrogen) atoms. The Balaban J connectivity index is 1.90. The molecule has 6 heteroatoms. The van der Waals surface area contributed by atoms with Crippen LogP contribution in [0.4, 0.5) is 0 Å². The highest BCUT2D eigenvalue weighted by Crippen LogP contribution is 2.18. The summed E-state index contributed by atoms with van der Waals surface area (Å²) in [4.78, 5) is 7.24. The van der Waals surface area contributed by atoms with E-state index < -0.39 is 0 Å². The quantitative estimate of drug-likeness (QED) is 0.367. The molecule has 0 aliphatic carbocycles. The van der Waals surface area contributed by atoms with E-state index in [0.717, 1.165) is 38.6 Å². The first-order valence-corrected chi connectivity index (χ1v) is 10.7. The molecule has 1 saturated heterocycles. The van der Waals surface area contributed by atoms with Crippen LogP contribution in [0.25, 0.3) is 0 Å². The lowest BCUT2D eigenvalue weighted by molar-refractivity contribution is -0.0149. The van der Waals surface area contributed by atoms with Gasteiger partial charge in [0, 0.05) is 32.7 Å². The number of aliphatic imine (C=N–C) groups is 1. The minimum Gasteiger partial charge on any atom is -0.382 e. The number of methoxy groups -OCH3 is 1. The molecule has 164 valence electrons. The van der Waals surface area contributed by atoms with Crippen molar-refractivity contribution < 1.29 is 14.2 Å². The Bertz CT molecular complexity index is 628. The van der Waals surface area contributed by atoms with Crippen molar-refractivity contribution in [2.24, 2.45) is 10.9 Å². The molecule has 1 aromatic rings. The molecular formula is C23H39N3O3. The summed E-state index contributed by atoms with van der Waals surface area (Å²) in [5.41, 5.74) is 2.26. The van der Waals surface area contributed by atoms with Gasteiger partial charge in [-0.15, -0.1) is 0 Å². The molecule has 1 fully saturated rings. The molecule has 0 radical (unpaired) electrons. The van der Waals surface area contributed by atoms with Crippen LogP contribution in [0.1, 0.15) is 45.2 Å². The van der Waals surface area contributed by atoms with Crippen molar-refractivity contribution >= 4 is 5.96 Å². The first kappa shape index (κ1) is 23.6. The third-order valence-electron chi connectivity index (χ3n) is 4.78. The van der Waals surface area contributed by atoms with Gasteiger partial charge in [0.05, 0.1) is 38.6 Å². The molecule has 1 unspecified atom stereocenters. The van der Waals surface area contributed by atoms with Gasteiger partial charge in [0.25, 0.3) is 0 Å². The van der Waals surface area contributed by atoms with Crippen LogP contribution in [0, 0.1) is 5.92 Å². The van der Waals surface area contributed by atoms with Crippen LogP contribution in [0.3, 0.4) is 0 Å². The third-order valence-corrected chi connectivity index (χ3v) is 4.78. The van der Waals surface area contributed by atoms with Gasteiger partial charge in [-0.3, -0.25) is 0 Å². The molecule has 0 saturated carbocycles. The zero-order chi connectivity index (χ0) is 21.1. The second-order valence-corrected chi connectivity index (χ2v) is 8.56. The SMILES string of the molecule is CCNC(=NCc1cccc(COC(C)(C)C)c1)N1CCC(COCCOC)C1.